The van der Waals surface area contributed by atoms with Gasteiger partial charge in [0.05, 0.1) is 0 Å². The molecule has 190 valence electrons. The van der Waals surface area contributed by atoms with Gasteiger partial charge in [-0.2, -0.15) is 4.39 Å². The maximum atomic E-state index is 15.0. The van der Waals surface area contributed by atoms with Crippen molar-refractivity contribution in [2.45, 2.75) is 89.1 Å². The van der Waals surface area contributed by atoms with Crippen molar-refractivity contribution in [3.8, 4) is 5.75 Å². The van der Waals surface area contributed by atoms with Crippen LogP contribution in [0.1, 0.15) is 88.7 Å². The molecule has 1 aliphatic rings. The number of benzene rings is 2. The van der Waals surface area contributed by atoms with Gasteiger partial charge in [0, 0.05) is 16.9 Å². The lowest BCUT2D eigenvalue weighted by Gasteiger charge is -2.32. The lowest BCUT2D eigenvalue weighted by atomic mass is 9.72. The normalized spacial score (nSPS) is 20.2. The topological polar surface area (TPSA) is 9.23 Å². The van der Waals surface area contributed by atoms with Gasteiger partial charge in [-0.05, 0) is 24.5 Å². The molecule has 0 heterocycles. The fourth-order valence-corrected chi connectivity index (χ4v) is 4.77. The highest BCUT2D eigenvalue weighted by molar-refractivity contribution is 5.45. The molecule has 0 N–H and O–H groups in total. The molecule has 1 atom stereocenters. The van der Waals surface area contributed by atoms with E-state index in [-0.39, 0.29) is 29.3 Å². The maximum absolute atomic E-state index is 15.0. The zero-order chi connectivity index (χ0) is 25.1. The van der Waals surface area contributed by atoms with Gasteiger partial charge in [0.15, 0.2) is 11.6 Å². The summed E-state index contributed by atoms with van der Waals surface area (Å²) in [6.07, 6.45) is 15.7. The summed E-state index contributed by atoms with van der Waals surface area (Å²) in [4.78, 5) is 0. The van der Waals surface area contributed by atoms with Crippen LogP contribution in [0.3, 0.4) is 0 Å². The van der Waals surface area contributed by atoms with E-state index < -0.39 is 17.8 Å². The Bertz CT molecular complexity index is 953. The lowest BCUT2D eigenvalue weighted by Crippen LogP contribution is -2.23. The average Bonchev–Trinajstić information content (AvgIpc) is 2.89. The van der Waals surface area contributed by atoms with Crippen LogP contribution in [0, 0.1) is 11.6 Å². The summed E-state index contributed by atoms with van der Waals surface area (Å²) in [5, 5.41) is 0. The molecule has 0 aliphatic heterocycles. The average molecular weight is 485 g/mol. The van der Waals surface area contributed by atoms with Crippen LogP contribution in [0.5, 0.6) is 5.75 Å². The molecule has 0 amide bonds. The van der Waals surface area contributed by atoms with E-state index in [1.165, 1.54) is 11.6 Å². The molecule has 0 unspecified atom stereocenters. The quantitative estimate of drug-likeness (QED) is 0.192. The van der Waals surface area contributed by atoms with Gasteiger partial charge >= 0.3 is 0 Å². The minimum atomic E-state index is -1.18. The smallest absolute Gasteiger partial charge is 0.200 e. The van der Waals surface area contributed by atoms with Gasteiger partial charge in [0.2, 0.25) is 5.82 Å². The summed E-state index contributed by atoms with van der Waals surface area (Å²) in [5.41, 5.74) is 1.22. The summed E-state index contributed by atoms with van der Waals surface area (Å²) >= 11 is 0. The molecule has 2 aromatic carbocycles. The van der Waals surface area contributed by atoms with E-state index in [0.29, 0.717) is 6.42 Å². The van der Waals surface area contributed by atoms with Crippen LogP contribution in [0.25, 0.3) is 0 Å². The molecule has 0 saturated heterocycles. The molecule has 0 spiro atoms. The van der Waals surface area contributed by atoms with E-state index in [1.54, 1.807) is 6.07 Å². The molecule has 0 aromatic heterocycles. The van der Waals surface area contributed by atoms with Gasteiger partial charge < -0.3 is 4.74 Å². The van der Waals surface area contributed by atoms with Crippen molar-refractivity contribution in [2.24, 2.45) is 0 Å². The number of hydrogen-bond acceptors (Lipinski definition) is 1. The molecule has 2 aromatic rings. The Morgan fingerprint density at radius 1 is 0.829 bits per heavy atom. The second kappa shape index (κ2) is 13.6. The van der Waals surface area contributed by atoms with Crippen LogP contribution in [0.2, 0.25) is 0 Å². The molecule has 35 heavy (non-hydrogen) atoms. The molecule has 0 radical (unpaired) electrons. The van der Waals surface area contributed by atoms with Crippen LogP contribution >= 0.6 is 0 Å². The van der Waals surface area contributed by atoms with Gasteiger partial charge in [-0.25, -0.2) is 8.78 Å². The van der Waals surface area contributed by atoms with Crippen molar-refractivity contribution in [3.05, 3.63) is 89.5 Å². The second-order valence-corrected chi connectivity index (χ2v) is 9.65. The van der Waals surface area contributed by atoms with Crippen LogP contribution in [-0.4, -0.2) is 12.8 Å². The first-order valence-electron chi connectivity index (χ1n) is 13.2. The van der Waals surface area contributed by atoms with E-state index in [4.69, 9.17) is 4.74 Å². The number of hydrogen-bond donors (Lipinski definition) is 0. The number of halogens is 3. The Kier molecular flexibility index (Phi) is 10.5. The fourth-order valence-electron chi connectivity index (χ4n) is 4.77. The van der Waals surface area contributed by atoms with Crippen LogP contribution in [0.15, 0.2) is 66.8 Å². The third-order valence-electron chi connectivity index (χ3n) is 6.93. The predicted octanol–water partition coefficient (Wildman–Crippen LogP) is 9.38. The SMILES string of the molecule is CCCCCC[C@H](F)COc1ccc(C2C=CC(CCCCC)(c3ccccc3)C=C2)c(F)c1F. The first kappa shape index (κ1) is 27.1. The zero-order valence-corrected chi connectivity index (χ0v) is 21.1. The number of alkyl halides is 1. The number of allylic oxidation sites excluding steroid dienone is 4. The van der Waals surface area contributed by atoms with Crippen molar-refractivity contribution in [1.29, 1.82) is 0 Å². The van der Waals surface area contributed by atoms with Crippen LogP contribution < -0.4 is 4.74 Å². The van der Waals surface area contributed by atoms with E-state index in [2.05, 4.69) is 38.1 Å². The van der Waals surface area contributed by atoms with Gasteiger partial charge in [-0.15, -0.1) is 0 Å². The highest BCUT2D eigenvalue weighted by Crippen LogP contribution is 2.40. The number of rotatable bonds is 14. The molecular formula is C31H39F3O. The highest BCUT2D eigenvalue weighted by atomic mass is 19.2. The van der Waals surface area contributed by atoms with Crippen LogP contribution in [0.4, 0.5) is 13.2 Å². The highest BCUT2D eigenvalue weighted by Gasteiger charge is 2.30. The third kappa shape index (κ3) is 7.25. The molecule has 0 fully saturated rings. The summed E-state index contributed by atoms with van der Waals surface area (Å²) in [5.74, 6) is -2.58. The minimum absolute atomic E-state index is 0.232. The molecular weight excluding hydrogens is 445 g/mol. The Morgan fingerprint density at radius 2 is 1.51 bits per heavy atom. The van der Waals surface area contributed by atoms with Crippen LogP contribution in [-0.2, 0) is 5.41 Å². The van der Waals surface area contributed by atoms with E-state index >= 15 is 4.39 Å². The first-order chi connectivity index (χ1) is 17.0. The van der Waals surface area contributed by atoms with Gasteiger partial charge in [0.25, 0.3) is 0 Å². The summed E-state index contributed by atoms with van der Waals surface area (Å²) in [7, 11) is 0. The molecule has 1 aliphatic carbocycles. The zero-order valence-electron chi connectivity index (χ0n) is 21.1. The van der Waals surface area contributed by atoms with Gasteiger partial charge in [-0.3, -0.25) is 0 Å². The Hall–Kier alpha value is -2.49. The van der Waals surface area contributed by atoms with Gasteiger partial charge in [-0.1, -0.05) is 119 Å². The third-order valence-corrected chi connectivity index (χ3v) is 6.93. The van der Waals surface area contributed by atoms with E-state index in [0.717, 1.165) is 51.4 Å². The molecule has 3 rings (SSSR count). The maximum Gasteiger partial charge on any atom is 0.200 e. The minimum Gasteiger partial charge on any atom is -0.487 e. The largest absolute Gasteiger partial charge is 0.487 e. The monoisotopic (exact) mass is 484 g/mol. The molecule has 0 saturated carbocycles. The fraction of sp³-hybridized carbons (Fsp3) is 0.484. The van der Waals surface area contributed by atoms with Crippen molar-refractivity contribution in [1.82, 2.24) is 0 Å². The number of unbranched alkanes of at least 4 members (excludes halogenated alkanes) is 5. The van der Waals surface area contributed by atoms with Gasteiger partial charge in [0.1, 0.15) is 12.8 Å². The van der Waals surface area contributed by atoms with Crippen molar-refractivity contribution < 1.29 is 17.9 Å². The van der Waals surface area contributed by atoms with E-state index in [9.17, 15) is 8.78 Å². The lowest BCUT2D eigenvalue weighted by molar-refractivity contribution is 0.177. The van der Waals surface area contributed by atoms with Crippen molar-refractivity contribution >= 4 is 0 Å². The Balaban J connectivity index is 1.69. The standard InChI is InChI=1S/C31H39F3O/c1-3-5-7-11-15-26(32)23-35-28-17-16-27(29(33)30(28)34)24-18-21-31(22-19-24,20-12-6-4-2)25-13-9-8-10-14-25/h8-10,13-14,16-19,21-22,24,26H,3-7,11-12,15,20,23H2,1-2H3/t24?,26-,31?/m0/s1. The van der Waals surface area contributed by atoms with Crippen molar-refractivity contribution in [2.75, 3.05) is 6.61 Å². The number of ether oxygens (including phenoxy) is 1. The summed E-state index contributed by atoms with van der Waals surface area (Å²) in [6, 6.07) is 13.3. The Labute approximate surface area is 209 Å². The predicted molar refractivity (Wildman–Crippen MR) is 139 cm³/mol. The summed E-state index contributed by atoms with van der Waals surface area (Å²) < 4.78 is 49.2. The summed E-state index contributed by atoms with van der Waals surface area (Å²) in [6.45, 7) is 4.02. The Morgan fingerprint density at radius 3 is 2.20 bits per heavy atom. The van der Waals surface area contributed by atoms with E-state index in [1.807, 2.05) is 30.4 Å². The molecule has 1 nitrogen and oxygen atoms in total. The second-order valence-electron chi connectivity index (χ2n) is 9.65. The molecule has 0 bridgehead atoms. The first-order valence-corrected chi connectivity index (χ1v) is 13.2. The van der Waals surface area contributed by atoms with Crippen molar-refractivity contribution in [3.63, 3.8) is 0 Å². The molecule has 4 heteroatoms.